The Kier molecular flexibility index (Phi) is 12.4. The van der Waals surface area contributed by atoms with Crippen LogP contribution < -0.4 is 0 Å². The number of nitrogens with zero attached hydrogens (tertiary/aromatic N) is 3. The Morgan fingerprint density at radius 3 is 1.23 bits per heavy atom. The number of aryl methyl sites for hydroxylation is 1. The molecule has 0 saturated carbocycles. The van der Waals surface area contributed by atoms with E-state index in [-0.39, 0.29) is 50.9 Å². The SMILES string of the molecule is CC12O[Si](O)(O)O[Si]3(CCCCC(=O)OCc4cnnn4CCC[Si]45OC67C(C)(O[Si](O)(O)O4)[Si](C)(C)O[Si]6(O)O[Si](C)(C)C7(C)O[Si](O)(O)O5)OC14C(C)(O[Si](O)(O)O3)[Si](C)(C)O[Si]4(O)O[Si]2(C)C. The molecule has 8 saturated heterocycles. The van der Waals surface area contributed by atoms with Crippen molar-refractivity contribution in [2.24, 2.45) is 0 Å². The summed E-state index contributed by atoms with van der Waals surface area (Å²) in [4.78, 5) is 129. The molecule has 4 bridgehead atoms. The second-order valence-corrected chi connectivity index (χ2v) is 57.1. The lowest BCUT2D eigenvalue weighted by molar-refractivity contribution is -0.145. The van der Waals surface area contributed by atoms with E-state index in [0.29, 0.717) is 5.69 Å². The third-order valence-electron chi connectivity index (χ3n) is 15.9. The monoisotopic (exact) mass is 1210 g/mol. The zero-order chi connectivity index (χ0) is 52.1. The van der Waals surface area contributed by atoms with E-state index in [1.807, 2.05) is 0 Å². The number of carbonyl (C=O) groups is 1. The zero-order valence-electron chi connectivity index (χ0n) is 40.6. The molecule has 4 atom stereocenters. The van der Waals surface area contributed by atoms with Crippen LogP contribution in [0.1, 0.15) is 59.1 Å². The summed E-state index contributed by atoms with van der Waals surface area (Å²) < 4.78 is 93.7. The lowest BCUT2D eigenvalue weighted by atomic mass is 10.1. The van der Waals surface area contributed by atoms with Gasteiger partial charge in [0.05, 0.1) is 11.9 Å². The number of carbonyl (C=O) groups excluding carboxylic acids is 1. The number of aromatic nitrogens is 3. The van der Waals surface area contributed by atoms with Crippen molar-refractivity contribution < 1.29 is 117 Å². The summed E-state index contributed by atoms with van der Waals surface area (Å²) in [6.07, 6.45) is 1.19. The van der Waals surface area contributed by atoms with Crippen molar-refractivity contribution in [3.63, 3.8) is 0 Å². The second-order valence-electron chi connectivity index (χ2n) is 21.6. The summed E-state index contributed by atoms with van der Waals surface area (Å²) in [5, 5.41) is -3.59. The minimum absolute atomic E-state index is 0.00525. The number of hydrogen-bond donors (Lipinski definition) is 10. The average molecular weight is 1210 g/mol. The van der Waals surface area contributed by atoms with E-state index in [9.17, 15) is 52.8 Å². The lowest BCUT2D eigenvalue weighted by Crippen LogP contribution is -2.80. The number of esters is 1. The van der Waals surface area contributed by atoms with E-state index in [0.717, 1.165) is 0 Å². The van der Waals surface area contributed by atoms with Crippen LogP contribution in [0.3, 0.4) is 0 Å². The van der Waals surface area contributed by atoms with Gasteiger partial charge in [0.2, 0.25) is 33.3 Å². The molecule has 8 aliphatic heterocycles. The van der Waals surface area contributed by atoms with Crippen molar-refractivity contribution in [2.75, 3.05) is 0 Å². The molecule has 0 aromatic carbocycles. The molecular weight excluding hydrogens is 1140 g/mol. The maximum absolute atomic E-state index is 13.2. The Balaban J connectivity index is 0.879. The summed E-state index contributed by atoms with van der Waals surface area (Å²) >= 11 is 0. The predicted octanol–water partition coefficient (Wildman–Crippen LogP) is -3.79. The Morgan fingerprint density at radius 2 is 0.871 bits per heavy atom. The van der Waals surface area contributed by atoms with Gasteiger partial charge in [0, 0.05) is 25.1 Å². The molecule has 4 unspecified atom stereocenters. The summed E-state index contributed by atoms with van der Waals surface area (Å²) in [5.74, 6) is -0.686. The van der Waals surface area contributed by atoms with E-state index in [4.69, 9.17) is 64.2 Å². The van der Waals surface area contributed by atoms with Crippen LogP contribution in [0.4, 0.5) is 0 Å². The first-order valence-corrected chi connectivity index (χ1v) is 48.4. The zero-order valence-corrected chi connectivity index (χ0v) is 52.6. The van der Waals surface area contributed by atoms with Crippen LogP contribution in [0, 0.1) is 0 Å². The highest BCUT2D eigenvalue weighted by Gasteiger charge is 3.00. The van der Waals surface area contributed by atoms with Crippen LogP contribution in [-0.2, 0) is 82.2 Å². The molecule has 8 aliphatic rings. The molecule has 29 nitrogen and oxygen atoms in total. The maximum Gasteiger partial charge on any atom is 0.667 e. The molecule has 0 radical (unpaired) electrons. The first-order valence-electron chi connectivity index (χ1n) is 22.5. The van der Waals surface area contributed by atoms with Gasteiger partial charge in [-0.05, 0) is 99.3 Å². The van der Waals surface area contributed by atoms with Gasteiger partial charge in [-0.15, -0.1) is 5.10 Å². The first-order chi connectivity index (χ1) is 31.5. The molecule has 0 aliphatic carbocycles. The predicted molar refractivity (Wildman–Crippen MR) is 250 cm³/mol. The van der Waals surface area contributed by atoms with Crippen molar-refractivity contribution in [3.05, 3.63) is 11.9 Å². The molecule has 10 N–H and O–H groups in total. The van der Waals surface area contributed by atoms with Crippen LogP contribution in [-0.4, -0.2) is 205 Å². The molecule has 41 heteroatoms. The highest BCUT2D eigenvalue weighted by molar-refractivity contribution is 7.01. The Bertz CT molecular complexity index is 2240. The number of unbranched alkanes of at least 4 members (excludes halogenated alkanes) is 1. The Hall–Kier alpha value is 0.253. The summed E-state index contributed by atoms with van der Waals surface area (Å²) in [6, 6.07) is -0.662. The third kappa shape index (κ3) is 7.40. The van der Waals surface area contributed by atoms with Gasteiger partial charge in [0.1, 0.15) is 27.5 Å². The fourth-order valence-electron chi connectivity index (χ4n) is 11.9. The topological polar surface area (TPSA) is 389 Å². The third-order valence-corrected chi connectivity index (χ3v) is 60.7. The van der Waals surface area contributed by atoms with Crippen molar-refractivity contribution in [3.8, 4) is 0 Å². The summed E-state index contributed by atoms with van der Waals surface area (Å²) in [6.45, 7) is 19.0. The second kappa shape index (κ2) is 15.7. The highest BCUT2D eigenvalue weighted by atomic mass is 28.5. The summed E-state index contributed by atoms with van der Waals surface area (Å²) in [7, 11) is -53.8. The lowest BCUT2D eigenvalue weighted by Gasteiger charge is -2.53. The van der Waals surface area contributed by atoms with E-state index in [2.05, 4.69) is 10.3 Å². The van der Waals surface area contributed by atoms with Crippen molar-refractivity contribution in [2.45, 2.75) is 162 Å². The fourth-order valence-corrected chi connectivity index (χ4v) is 67.2. The average Bonchev–Trinajstić information content (AvgIpc) is 3.64. The number of hydrogen-bond acceptors (Lipinski definition) is 28. The van der Waals surface area contributed by atoms with E-state index < -0.39 is 142 Å². The molecule has 9 heterocycles. The normalized spacial score (nSPS) is 46.8. The molecule has 1 aromatic rings. The fraction of sp³-hybridized carbons (Fsp3) is 0.897. The van der Waals surface area contributed by atoms with Gasteiger partial charge in [-0.1, -0.05) is 5.21 Å². The number of fused-ring (bicyclic) bond motifs is 2. The van der Waals surface area contributed by atoms with Crippen molar-refractivity contribution in [1.29, 1.82) is 0 Å². The number of rotatable bonds is 11. The minimum Gasteiger partial charge on any atom is -0.459 e. The molecule has 70 heavy (non-hydrogen) atoms. The Labute approximate surface area is 414 Å². The van der Waals surface area contributed by atoms with Crippen LogP contribution in [0.25, 0.3) is 0 Å². The van der Waals surface area contributed by atoms with Gasteiger partial charge >= 0.3 is 77.4 Å². The quantitative estimate of drug-likeness (QED) is 0.0577. The van der Waals surface area contributed by atoms with Crippen molar-refractivity contribution in [1.82, 2.24) is 15.0 Å². The Morgan fingerprint density at radius 1 is 0.529 bits per heavy atom. The van der Waals surface area contributed by atoms with Gasteiger partial charge in [-0.2, -0.15) is 0 Å². The maximum atomic E-state index is 13.2. The van der Waals surface area contributed by atoms with Crippen LogP contribution in [0.5, 0.6) is 0 Å². The number of ether oxygens (including phenoxy) is 1. The smallest absolute Gasteiger partial charge is 0.459 e. The molecule has 1 aromatic heterocycles. The minimum atomic E-state index is -5.31. The van der Waals surface area contributed by atoms with Crippen LogP contribution in [0.2, 0.25) is 64.5 Å². The standard InChI is InChI=1S/C29H63N3O26Si12/c1-24-28-25(2,60(7,8)52-65(28,34)51-59(24,5)6)46-68(38,39)56-63(49-28,55-67(36,37)45-24)18-14-13-16-23(33)44-21-22-20-30-31-32(22)17-15-19-64-50-29-26(3,47-69(40,41)57-64)61(9,10)53-66(29,35)54-62(11,12)27(29,4)48-70(42,43)58-64/h20,34-43H,13-19,21H2,1-12H3. The summed E-state index contributed by atoms with van der Waals surface area (Å²) in [5.41, 5.74) is 0.314. The van der Waals surface area contributed by atoms with E-state index in [1.54, 1.807) is 52.4 Å². The van der Waals surface area contributed by atoms with Gasteiger partial charge in [0.15, 0.2) is 10.4 Å². The van der Waals surface area contributed by atoms with Gasteiger partial charge in [-0.3, -0.25) is 4.79 Å². The molecule has 0 amide bonds. The molecule has 398 valence electrons. The van der Waals surface area contributed by atoms with Crippen molar-refractivity contribution >= 4 is 111 Å². The van der Waals surface area contributed by atoms with E-state index in [1.165, 1.54) is 38.6 Å². The highest BCUT2D eigenvalue weighted by Crippen LogP contribution is 2.69. The molecule has 9 rings (SSSR count). The molecule has 2 spiro atoms. The van der Waals surface area contributed by atoms with Crippen LogP contribution >= 0.6 is 0 Å². The van der Waals surface area contributed by atoms with Gasteiger partial charge in [-0.25, -0.2) is 4.68 Å². The first kappa shape index (κ1) is 55.0. The molecular formula is C29H63N3O26Si12. The van der Waals surface area contributed by atoms with Gasteiger partial charge in [0.25, 0.3) is 0 Å². The van der Waals surface area contributed by atoms with Gasteiger partial charge < -0.3 is 112 Å². The van der Waals surface area contributed by atoms with Crippen LogP contribution in [0.15, 0.2) is 6.20 Å². The van der Waals surface area contributed by atoms with E-state index >= 15 is 0 Å². The largest absolute Gasteiger partial charge is 0.667 e. The molecule has 8 fully saturated rings.